The van der Waals surface area contributed by atoms with E-state index < -0.39 is 4.92 Å². The summed E-state index contributed by atoms with van der Waals surface area (Å²) in [5.41, 5.74) is 5.80. The molecule has 88 valence electrons. The molecule has 0 spiro atoms. The van der Waals surface area contributed by atoms with E-state index in [4.69, 9.17) is 5.73 Å². The van der Waals surface area contributed by atoms with Gasteiger partial charge in [-0.1, -0.05) is 0 Å². The largest absolute Gasteiger partial charge is 0.349 e. The number of rotatable bonds is 2. The molecule has 1 aliphatic rings. The van der Waals surface area contributed by atoms with Crippen LogP contribution >= 0.6 is 12.4 Å². The van der Waals surface area contributed by atoms with Gasteiger partial charge in [0.1, 0.15) is 0 Å². The van der Waals surface area contributed by atoms with Crippen molar-refractivity contribution in [1.29, 1.82) is 0 Å². The summed E-state index contributed by atoms with van der Waals surface area (Å²) in [6.45, 7) is 1.37. The van der Waals surface area contributed by atoms with Crippen molar-refractivity contribution < 1.29 is 4.92 Å². The molecule has 1 aromatic rings. The van der Waals surface area contributed by atoms with Crippen LogP contribution in [0.3, 0.4) is 0 Å². The third-order valence-corrected chi connectivity index (χ3v) is 2.49. The van der Waals surface area contributed by atoms with Gasteiger partial charge in [-0.25, -0.2) is 4.98 Å². The van der Waals surface area contributed by atoms with Crippen LogP contribution in [0.1, 0.15) is 6.42 Å². The number of pyridine rings is 1. The molecule has 1 atom stereocenters. The van der Waals surface area contributed by atoms with Crippen molar-refractivity contribution >= 4 is 23.9 Å². The normalized spacial score (nSPS) is 19.3. The maximum absolute atomic E-state index is 10.8. The molecule has 0 aliphatic carbocycles. The number of halogens is 1. The minimum absolute atomic E-state index is 0. The highest BCUT2D eigenvalue weighted by Gasteiger charge is 2.26. The second kappa shape index (κ2) is 5.09. The number of aromatic nitrogens is 1. The fourth-order valence-electron chi connectivity index (χ4n) is 1.75. The van der Waals surface area contributed by atoms with E-state index in [0.29, 0.717) is 12.4 Å². The lowest BCUT2D eigenvalue weighted by Gasteiger charge is -2.15. The molecule has 0 radical (unpaired) electrons. The highest BCUT2D eigenvalue weighted by Crippen LogP contribution is 2.27. The van der Waals surface area contributed by atoms with Crippen molar-refractivity contribution in [2.24, 2.45) is 5.73 Å². The van der Waals surface area contributed by atoms with Crippen molar-refractivity contribution in [3.05, 3.63) is 28.4 Å². The molecular formula is C9H13ClN4O2. The molecule has 16 heavy (non-hydrogen) atoms. The smallest absolute Gasteiger partial charge is 0.311 e. The molecule has 1 fully saturated rings. The first-order valence-corrected chi connectivity index (χ1v) is 4.78. The topological polar surface area (TPSA) is 85.3 Å². The Morgan fingerprint density at radius 3 is 2.94 bits per heavy atom. The average molecular weight is 245 g/mol. The van der Waals surface area contributed by atoms with E-state index >= 15 is 0 Å². The van der Waals surface area contributed by atoms with Gasteiger partial charge in [-0.3, -0.25) is 10.1 Å². The number of nitrogens with zero attached hydrogens (tertiary/aromatic N) is 3. The Labute approximate surface area is 99.0 Å². The SMILES string of the molecule is Cl.N[C@H]1CCN(c2ncccc2[N+](=O)[O-])C1. The van der Waals surface area contributed by atoms with Crippen LogP contribution in [0.5, 0.6) is 0 Å². The Morgan fingerprint density at radius 1 is 1.62 bits per heavy atom. The number of hydrogen-bond acceptors (Lipinski definition) is 5. The van der Waals surface area contributed by atoms with Crippen LogP contribution in [-0.2, 0) is 0 Å². The van der Waals surface area contributed by atoms with Crippen molar-refractivity contribution in [3.8, 4) is 0 Å². The fourth-order valence-corrected chi connectivity index (χ4v) is 1.75. The third kappa shape index (κ3) is 2.40. The van der Waals surface area contributed by atoms with E-state index in [1.807, 2.05) is 4.90 Å². The van der Waals surface area contributed by atoms with Crippen LogP contribution in [0.25, 0.3) is 0 Å². The molecule has 1 saturated heterocycles. The van der Waals surface area contributed by atoms with Crippen LogP contribution in [-0.4, -0.2) is 29.0 Å². The maximum Gasteiger partial charge on any atom is 0.311 e. The van der Waals surface area contributed by atoms with Crippen LogP contribution in [0.2, 0.25) is 0 Å². The summed E-state index contributed by atoms with van der Waals surface area (Å²) in [6.07, 6.45) is 2.42. The quantitative estimate of drug-likeness (QED) is 0.618. The van der Waals surface area contributed by atoms with Gasteiger partial charge >= 0.3 is 5.69 Å². The Morgan fingerprint density at radius 2 is 2.38 bits per heavy atom. The van der Waals surface area contributed by atoms with Gasteiger partial charge in [-0.15, -0.1) is 12.4 Å². The maximum atomic E-state index is 10.8. The van der Waals surface area contributed by atoms with Gasteiger partial charge in [0.05, 0.1) is 4.92 Å². The zero-order valence-corrected chi connectivity index (χ0v) is 9.39. The number of hydrogen-bond donors (Lipinski definition) is 1. The Kier molecular flexibility index (Phi) is 4.03. The molecule has 0 amide bonds. The Hall–Kier alpha value is -1.40. The number of nitrogens with two attached hydrogens (primary N) is 1. The summed E-state index contributed by atoms with van der Waals surface area (Å²) in [7, 11) is 0. The highest BCUT2D eigenvalue weighted by molar-refractivity contribution is 5.85. The van der Waals surface area contributed by atoms with E-state index in [9.17, 15) is 10.1 Å². The van der Waals surface area contributed by atoms with Gasteiger partial charge < -0.3 is 10.6 Å². The summed E-state index contributed by atoms with van der Waals surface area (Å²) in [6, 6.07) is 3.12. The molecule has 7 heteroatoms. The van der Waals surface area contributed by atoms with Gasteiger partial charge in [0, 0.05) is 31.4 Å². The predicted octanol–water partition coefficient (Wildman–Crippen LogP) is 0.949. The summed E-state index contributed by atoms with van der Waals surface area (Å²) >= 11 is 0. The van der Waals surface area contributed by atoms with Crippen LogP contribution in [0, 0.1) is 10.1 Å². The minimum Gasteiger partial charge on any atom is -0.349 e. The molecule has 0 unspecified atom stereocenters. The Balaban J connectivity index is 0.00000128. The lowest BCUT2D eigenvalue weighted by Crippen LogP contribution is -2.27. The summed E-state index contributed by atoms with van der Waals surface area (Å²) in [4.78, 5) is 16.3. The second-order valence-corrected chi connectivity index (χ2v) is 3.60. The lowest BCUT2D eigenvalue weighted by atomic mass is 10.3. The van der Waals surface area contributed by atoms with E-state index in [1.54, 1.807) is 12.3 Å². The third-order valence-electron chi connectivity index (χ3n) is 2.49. The molecule has 2 N–H and O–H groups in total. The standard InChI is InChI=1S/C9H12N4O2.ClH/c10-7-3-5-12(6-7)9-8(13(14)15)2-1-4-11-9;/h1-2,4,7H,3,5-6,10H2;1H/t7-;/m0./s1. The molecule has 2 heterocycles. The zero-order chi connectivity index (χ0) is 10.8. The predicted molar refractivity (Wildman–Crippen MR) is 62.9 cm³/mol. The molecule has 0 aromatic carbocycles. The molecule has 0 bridgehead atoms. The van der Waals surface area contributed by atoms with Crippen molar-refractivity contribution in [2.45, 2.75) is 12.5 Å². The molecule has 6 nitrogen and oxygen atoms in total. The summed E-state index contributed by atoms with van der Waals surface area (Å²) < 4.78 is 0. The van der Waals surface area contributed by atoms with Crippen LogP contribution in [0.4, 0.5) is 11.5 Å². The lowest BCUT2D eigenvalue weighted by molar-refractivity contribution is -0.384. The average Bonchev–Trinajstić information content (AvgIpc) is 2.65. The Bertz CT molecular complexity index is 388. The molecule has 1 aliphatic heterocycles. The zero-order valence-electron chi connectivity index (χ0n) is 8.57. The van der Waals surface area contributed by atoms with Crippen molar-refractivity contribution in [1.82, 2.24) is 4.98 Å². The van der Waals surface area contributed by atoms with Crippen LogP contribution < -0.4 is 10.6 Å². The summed E-state index contributed by atoms with van der Waals surface area (Å²) in [5, 5.41) is 10.8. The first-order valence-electron chi connectivity index (χ1n) is 4.78. The van der Waals surface area contributed by atoms with E-state index in [1.165, 1.54) is 6.07 Å². The molecule has 2 rings (SSSR count). The first kappa shape index (κ1) is 12.7. The van der Waals surface area contributed by atoms with Gasteiger partial charge in [-0.05, 0) is 12.5 Å². The fraction of sp³-hybridized carbons (Fsp3) is 0.444. The first-order chi connectivity index (χ1) is 7.18. The van der Waals surface area contributed by atoms with E-state index in [0.717, 1.165) is 13.0 Å². The van der Waals surface area contributed by atoms with Gasteiger partial charge in [0.15, 0.2) is 0 Å². The molecule has 0 saturated carbocycles. The number of anilines is 1. The van der Waals surface area contributed by atoms with E-state index in [2.05, 4.69) is 4.98 Å². The van der Waals surface area contributed by atoms with Crippen molar-refractivity contribution in [3.63, 3.8) is 0 Å². The minimum atomic E-state index is -0.411. The molecular weight excluding hydrogens is 232 g/mol. The highest BCUT2D eigenvalue weighted by atomic mass is 35.5. The molecule has 1 aromatic heterocycles. The number of nitro groups is 1. The summed E-state index contributed by atoms with van der Waals surface area (Å²) in [5.74, 6) is 0.426. The van der Waals surface area contributed by atoms with Gasteiger partial charge in [-0.2, -0.15) is 0 Å². The van der Waals surface area contributed by atoms with E-state index in [-0.39, 0.29) is 24.1 Å². The van der Waals surface area contributed by atoms with Crippen LogP contribution in [0.15, 0.2) is 18.3 Å². The van der Waals surface area contributed by atoms with Gasteiger partial charge in [0.25, 0.3) is 0 Å². The second-order valence-electron chi connectivity index (χ2n) is 3.60. The monoisotopic (exact) mass is 244 g/mol. The van der Waals surface area contributed by atoms with Gasteiger partial charge in [0.2, 0.25) is 5.82 Å². The van der Waals surface area contributed by atoms with Crippen molar-refractivity contribution in [2.75, 3.05) is 18.0 Å².